The van der Waals surface area contributed by atoms with Gasteiger partial charge in [-0.3, -0.25) is 4.90 Å². The van der Waals surface area contributed by atoms with Crippen LogP contribution in [0.4, 0.5) is 0 Å². The summed E-state index contributed by atoms with van der Waals surface area (Å²) in [6, 6.07) is 7.67. The standard InChI is InChI=1S/C13H17ClN2O/c1-9-13(2,3)16(4)12(17-15-9)10-5-7-11(14)8-6-10/h5-8,12H,1-4H3. The van der Waals surface area contributed by atoms with Crippen LogP contribution < -0.4 is 0 Å². The summed E-state index contributed by atoms with van der Waals surface area (Å²) < 4.78 is 0. The highest BCUT2D eigenvalue weighted by Crippen LogP contribution is 2.33. The van der Waals surface area contributed by atoms with E-state index in [1.54, 1.807) is 0 Å². The molecule has 0 aromatic heterocycles. The number of rotatable bonds is 1. The molecule has 0 aliphatic carbocycles. The lowest BCUT2D eigenvalue weighted by Gasteiger charge is -2.42. The zero-order valence-corrected chi connectivity index (χ0v) is 11.3. The van der Waals surface area contributed by atoms with Gasteiger partial charge in [-0.05, 0) is 40.0 Å². The van der Waals surface area contributed by atoms with Crippen molar-refractivity contribution in [1.82, 2.24) is 4.90 Å². The van der Waals surface area contributed by atoms with Gasteiger partial charge < -0.3 is 4.84 Å². The third-order valence-corrected chi connectivity index (χ3v) is 3.82. The van der Waals surface area contributed by atoms with Crippen LogP contribution in [0.15, 0.2) is 29.4 Å². The zero-order valence-electron chi connectivity index (χ0n) is 10.6. The van der Waals surface area contributed by atoms with Crippen LogP contribution >= 0.6 is 11.6 Å². The van der Waals surface area contributed by atoms with E-state index in [1.807, 2.05) is 38.2 Å². The second kappa shape index (κ2) is 4.31. The van der Waals surface area contributed by atoms with Crippen molar-refractivity contribution in [2.45, 2.75) is 32.5 Å². The molecule has 0 fully saturated rings. The van der Waals surface area contributed by atoms with E-state index in [0.29, 0.717) is 0 Å². The second-order valence-electron chi connectivity index (χ2n) is 4.86. The Bertz CT molecular complexity index is 439. The Morgan fingerprint density at radius 2 is 1.88 bits per heavy atom. The third-order valence-electron chi connectivity index (χ3n) is 3.56. The molecule has 3 nitrogen and oxygen atoms in total. The van der Waals surface area contributed by atoms with Crippen LogP contribution in [0.25, 0.3) is 0 Å². The van der Waals surface area contributed by atoms with Crippen LogP contribution in [0, 0.1) is 0 Å². The SMILES string of the molecule is CC1=NOC(c2ccc(Cl)cc2)N(C)C1(C)C. The quantitative estimate of drug-likeness (QED) is 0.765. The summed E-state index contributed by atoms with van der Waals surface area (Å²) >= 11 is 5.88. The summed E-state index contributed by atoms with van der Waals surface area (Å²) in [6.07, 6.45) is -0.161. The summed E-state index contributed by atoms with van der Waals surface area (Å²) in [5.41, 5.74) is 1.93. The Morgan fingerprint density at radius 1 is 1.29 bits per heavy atom. The molecule has 0 saturated heterocycles. The van der Waals surface area contributed by atoms with Gasteiger partial charge in [0.2, 0.25) is 6.23 Å². The maximum atomic E-state index is 5.88. The molecule has 0 N–H and O–H groups in total. The van der Waals surface area contributed by atoms with Gasteiger partial charge in [0, 0.05) is 10.6 Å². The summed E-state index contributed by atoms with van der Waals surface area (Å²) in [6.45, 7) is 6.25. The molecule has 1 unspecified atom stereocenters. The Hall–Kier alpha value is -1.06. The lowest BCUT2D eigenvalue weighted by molar-refractivity contribution is -0.0933. The average Bonchev–Trinajstić information content (AvgIpc) is 2.29. The van der Waals surface area contributed by atoms with E-state index in [9.17, 15) is 0 Å². The van der Waals surface area contributed by atoms with Gasteiger partial charge in [-0.25, -0.2) is 0 Å². The molecule has 2 rings (SSSR count). The minimum atomic E-state index is -0.161. The number of benzene rings is 1. The first-order valence-electron chi connectivity index (χ1n) is 5.62. The molecule has 1 aromatic rings. The monoisotopic (exact) mass is 252 g/mol. The predicted molar refractivity (Wildman–Crippen MR) is 70.2 cm³/mol. The lowest BCUT2D eigenvalue weighted by Crippen LogP contribution is -2.51. The van der Waals surface area contributed by atoms with Gasteiger partial charge in [0.05, 0.1) is 11.3 Å². The summed E-state index contributed by atoms with van der Waals surface area (Å²) in [4.78, 5) is 7.70. The van der Waals surface area contributed by atoms with Gasteiger partial charge in [0.1, 0.15) is 0 Å². The Balaban J connectivity index is 2.33. The van der Waals surface area contributed by atoms with Crippen molar-refractivity contribution in [3.63, 3.8) is 0 Å². The van der Waals surface area contributed by atoms with Crippen LogP contribution in [-0.2, 0) is 4.84 Å². The summed E-state index contributed by atoms with van der Waals surface area (Å²) in [5, 5.41) is 4.88. The highest BCUT2D eigenvalue weighted by atomic mass is 35.5. The normalized spacial score (nSPS) is 24.1. The van der Waals surface area contributed by atoms with Crippen molar-refractivity contribution in [3.8, 4) is 0 Å². The Morgan fingerprint density at radius 3 is 2.47 bits per heavy atom. The van der Waals surface area contributed by atoms with Gasteiger partial charge in [0.25, 0.3) is 0 Å². The highest BCUT2D eigenvalue weighted by molar-refractivity contribution is 6.30. The molecule has 0 spiro atoms. The fraction of sp³-hybridized carbons (Fsp3) is 0.462. The molecular weight excluding hydrogens is 236 g/mol. The topological polar surface area (TPSA) is 24.8 Å². The van der Waals surface area contributed by atoms with Gasteiger partial charge in [-0.1, -0.05) is 28.9 Å². The summed E-state index contributed by atoms with van der Waals surface area (Å²) in [7, 11) is 2.04. The first-order valence-corrected chi connectivity index (χ1v) is 6.00. The van der Waals surface area contributed by atoms with Crippen molar-refractivity contribution < 1.29 is 4.84 Å². The van der Waals surface area contributed by atoms with Crippen LogP contribution in [-0.4, -0.2) is 23.2 Å². The van der Waals surface area contributed by atoms with Crippen molar-refractivity contribution >= 4 is 17.3 Å². The highest BCUT2D eigenvalue weighted by Gasteiger charge is 2.38. The number of hydrogen-bond acceptors (Lipinski definition) is 3. The Labute approximate surface area is 107 Å². The molecule has 92 valence electrons. The van der Waals surface area contributed by atoms with Crippen LogP contribution in [0.1, 0.15) is 32.6 Å². The molecule has 0 saturated carbocycles. The molecule has 1 heterocycles. The molecule has 0 bridgehead atoms. The minimum absolute atomic E-state index is 0.109. The van der Waals surface area contributed by atoms with Crippen molar-refractivity contribution in [3.05, 3.63) is 34.9 Å². The second-order valence-corrected chi connectivity index (χ2v) is 5.29. The molecule has 0 amide bonds. The number of hydrogen-bond donors (Lipinski definition) is 0. The van der Waals surface area contributed by atoms with E-state index in [1.165, 1.54) is 0 Å². The van der Waals surface area contributed by atoms with Crippen molar-refractivity contribution in [2.24, 2.45) is 5.16 Å². The number of nitrogens with zero attached hydrogens (tertiary/aromatic N) is 2. The predicted octanol–water partition coefficient (Wildman–Crippen LogP) is 3.46. The molecular formula is C13H17ClN2O. The van der Waals surface area contributed by atoms with E-state index >= 15 is 0 Å². The van der Waals surface area contributed by atoms with E-state index in [2.05, 4.69) is 23.9 Å². The van der Waals surface area contributed by atoms with Gasteiger partial charge in [-0.15, -0.1) is 0 Å². The third kappa shape index (κ3) is 2.17. The number of halogens is 1. The molecule has 1 aliphatic heterocycles. The zero-order chi connectivity index (χ0) is 12.6. The van der Waals surface area contributed by atoms with E-state index in [-0.39, 0.29) is 11.8 Å². The fourth-order valence-corrected chi connectivity index (χ4v) is 1.90. The van der Waals surface area contributed by atoms with Crippen LogP contribution in [0.3, 0.4) is 0 Å². The fourth-order valence-electron chi connectivity index (χ4n) is 1.77. The van der Waals surface area contributed by atoms with Gasteiger partial charge in [-0.2, -0.15) is 0 Å². The first kappa shape index (κ1) is 12.4. The Kier molecular flexibility index (Phi) is 3.15. The largest absolute Gasteiger partial charge is 0.371 e. The number of oxime groups is 1. The lowest BCUT2D eigenvalue weighted by atomic mass is 9.95. The van der Waals surface area contributed by atoms with Gasteiger partial charge in [0.15, 0.2) is 0 Å². The van der Waals surface area contributed by atoms with E-state index in [0.717, 1.165) is 16.3 Å². The molecule has 4 heteroatoms. The maximum absolute atomic E-state index is 5.88. The average molecular weight is 253 g/mol. The molecule has 17 heavy (non-hydrogen) atoms. The molecule has 1 aliphatic rings. The van der Waals surface area contributed by atoms with Crippen molar-refractivity contribution in [1.29, 1.82) is 0 Å². The molecule has 1 aromatic carbocycles. The van der Waals surface area contributed by atoms with E-state index in [4.69, 9.17) is 16.4 Å². The first-order chi connectivity index (χ1) is 7.93. The molecule has 1 atom stereocenters. The maximum Gasteiger partial charge on any atom is 0.207 e. The molecule has 0 radical (unpaired) electrons. The van der Waals surface area contributed by atoms with Crippen LogP contribution in [0.2, 0.25) is 5.02 Å². The van der Waals surface area contributed by atoms with E-state index < -0.39 is 0 Å². The van der Waals surface area contributed by atoms with Crippen molar-refractivity contribution in [2.75, 3.05) is 7.05 Å². The smallest absolute Gasteiger partial charge is 0.207 e. The van der Waals surface area contributed by atoms with Gasteiger partial charge >= 0.3 is 0 Å². The van der Waals surface area contributed by atoms with Crippen LogP contribution in [0.5, 0.6) is 0 Å². The minimum Gasteiger partial charge on any atom is -0.371 e. The summed E-state index contributed by atoms with van der Waals surface area (Å²) in [5.74, 6) is 0.